The fourth-order valence-electron chi connectivity index (χ4n) is 1.59. The van der Waals surface area contributed by atoms with Crippen LogP contribution in [0, 0.1) is 0 Å². The highest BCUT2D eigenvalue weighted by molar-refractivity contribution is 7.22. The Morgan fingerprint density at radius 3 is 3.11 bits per heavy atom. The van der Waals surface area contributed by atoms with E-state index in [-0.39, 0.29) is 0 Å². The van der Waals surface area contributed by atoms with Crippen LogP contribution in [0.5, 0.6) is 0 Å². The normalized spacial score (nSPS) is 11.0. The highest BCUT2D eigenvalue weighted by atomic mass is 35.5. The number of halogens is 1. The van der Waals surface area contributed by atoms with Crippen LogP contribution in [-0.4, -0.2) is 24.7 Å². The number of anilines is 1. The standard InChI is InChI=1S/C13H17ClN2OS/c1-2-7-17-8-3-6-15-13-16-11-5-4-10(14)9-12(11)18-13/h4-5,9H,2-3,6-8H2,1H3,(H,15,16). The maximum atomic E-state index is 5.95. The number of hydrogen-bond acceptors (Lipinski definition) is 4. The van der Waals surface area contributed by atoms with Gasteiger partial charge in [-0.15, -0.1) is 0 Å². The second-order valence-electron chi connectivity index (χ2n) is 4.02. The van der Waals surface area contributed by atoms with Crippen LogP contribution in [0.25, 0.3) is 10.2 Å². The fraction of sp³-hybridized carbons (Fsp3) is 0.462. The molecule has 0 saturated carbocycles. The van der Waals surface area contributed by atoms with Crippen LogP contribution < -0.4 is 5.32 Å². The molecule has 0 spiro atoms. The van der Waals surface area contributed by atoms with Crippen LogP contribution in [0.4, 0.5) is 5.13 Å². The van der Waals surface area contributed by atoms with E-state index in [1.807, 2.05) is 18.2 Å². The molecule has 1 aromatic carbocycles. The maximum absolute atomic E-state index is 5.95. The summed E-state index contributed by atoms with van der Waals surface area (Å²) in [6.45, 7) is 4.65. The van der Waals surface area contributed by atoms with Crippen LogP contribution in [0.15, 0.2) is 18.2 Å². The van der Waals surface area contributed by atoms with E-state index >= 15 is 0 Å². The van der Waals surface area contributed by atoms with Gasteiger partial charge in [0.1, 0.15) is 0 Å². The minimum Gasteiger partial charge on any atom is -0.381 e. The first-order chi connectivity index (χ1) is 8.79. The summed E-state index contributed by atoms with van der Waals surface area (Å²) in [6.07, 6.45) is 2.07. The molecule has 98 valence electrons. The largest absolute Gasteiger partial charge is 0.381 e. The molecule has 0 bridgehead atoms. The molecule has 2 rings (SSSR count). The number of benzene rings is 1. The first-order valence-electron chi connectivity index (χ1n) is 6.17. The summed E-state index contributed by atoms with van der Waals surface area (Å²) in [6, 6.07) is 5.76. The summed E-state index contributed by atoms with van der Waals surface area (Å²) >= 11 is 7.58. The van der Waals surface area contributed by atoms with Crippen molar-refractivity contribution in [2.45, 2.75) is 19.8 Å². The highest BCUT2D eigenvalue weighted by Crippen LogP contribution is 2.28. The van der Waals surface area contributed by atoms with Gasteiger partial charge in [0.15, 0.2) is 5.13 Å². The van der Waals surface area contributed by atoms with Gasteiger partial charge in [-0.05, 0) is 31.0 Å². The van der Waals surface area contributed by atoms with Crippen molar-refractivity contribution in [2.24, 2.45) is 0 Å². The third-order valence-electron chi connectivity index (χ3n) is 2.44. The van der Waals surface area contributed by atoms with Crippen molar-refractivity contribution in [1.29, 1.82) is 0 Å². The Hall–Kier alpha value is -0.840. The minimum atomic E-state index is 0.755. The van der Waals surface area contributed by atoms with E-state index < -0.39 is 0 Å². The summed E-state index contributed by atoms with van der Waals surface area (Å²) in [4.78, 5) is 4.50. The maximum Gasteiger partial charge on any atom is 0.183 e. The van der Waals surface area contributed by atoms with Gasteiger partial charge < -0.3 is 10.1 Å². The molecule has 1 heterocycles. The number of ether oxygens (including phenoxy) is 1. The molecule has 0 amide bonds. The number of fused-ring (bicyclic) bond motifs is 1. The average Bonchev–Trinajstić information content (AvgIpc) is 2.75. The van der Waals surface area contributed by atoms with E-state index in [0.29, 0.717) is 0 Å². The zero-order valence-electron chi connectivity index (χ0n) is 10.4. The molecule has 0 unspecified atom stereocenters. The SMILES string of the molecule is CCCOCCCNc1nc2ccc(Cl)cc2s1. The lowest BCUT2D eigenvalue weighted by atomic mass is 10.3. The van der Waals surface area contributed by atoms with Crippen LogP contribution in [0.3, 0.4) is 0 Å². The molecular weight excluding hydrogens is 268 g/mol. The van der Waals surface area contributed by atoms with Crippen molar-refractivity contribution in [3.63, 3.8) is 0 Å². The molecule has 0 atom stereocenters. The highest BCUT2D eigenvalue weighted by Gasteiger charge is 2.03. The summed E-state index contributed by atoms with van der Waals surface area (Å²) in [7, 11) is 0. The molecular formula is C13H17ClN2OS. The number of rotatable bonds is 7. The zero-order chi connectivity index (χ0) is 12.8. The first kappa shape index (κ1) is 13.6. The minimum absolute atomic E-state index is 0.755. The Labute approximate surface area is 116 Å². The van der Waals surface area contributed by atoms with Gasteiger partial charge in [-0.2, -0.15) is 0 Å². The van der Waals surface area contributed by atoms with E-state index in [0.717, 1.165) is 53.0 Å². The smallest absolute Gasteiger partial charge is 0.183 e. The van der Waals surface area contributed by atoms with Gasteiger partial charge in [0.25, 0.3) is 0 Å². The van der Waals surface area contributed by atoms with Crippen molar-refractivity contribution in [2.75, 3.05) is 25.1 Å². The summed E-state index contributed by atoms with van der Waals surface area (Å²) in [5.74, 6) is 0. The molecule has 5 heteroatoms. The molecule has 0 aliphatic heterocycles. The van der Waals surface area contributed by atoms with Gasteiger partial charge in [0.2, 0.25) is 0 Å². The second kappa shape index (κ2) is 6.92. The lowest BCUT2D eigenvalue weighted by Crippen LogP contribution is -2.05. The van der Waals surface area contributed by atoms with Gasteiger partial charge in [-0.1, -0.05) is 29.9 Å². The number of hydrogen-bond donors (Lipinski definition) is 1. The van der Waals surface area contributed by atoms with Crippen LogP contribution in [0.1, 0.15) is 19.8 Å². The quantitative estimate of drug-likeness (QED) is 0.775. The van der Waals surface area contributed by atoms with Gasteiger partial charge in [0, 0.05) is 24.8 Å². The van der Waals surface area contributed by atoms with Crippen molar-refractivity contribution in [3.05, 3.63) is 23.2 Å². The monoisotopic (exact) mass is 284 g/mol. The molecule has 18 heavy (non-hydrogen) atoms. The summed E-state index contributed by atoms with van der Waals surface area (Å²) in [5.41, 5.74) is 0.995. The fourth-order valence-corrected chi connectivity index (χ4v) is 2.76. The molecule has 0 fully saturated rings. The van der Waals surface area contributed by atoms with E-state index in [1.165, 1.54) is 0 Å². The van der Waals surface area contributed by atoms with Crippen LogP contribution in [0.2, 0.25) is 5.02 Å². The molecule has 0 radical (unpaired) electrons. The molecule has 0 aliphatic rings. The average molecular weight is 285 g/mol. The summed E-state index contributed by atoms with van der Waals surface area (Å²) < 4.78 is 6.54. The Balaban J connectivity index is 1.81. The van der Waals surface area contributed by atoms with Crippen molar-refractivity contribution in [3.8, 4) is 0 Å². The Kier molecular flexibility index (Phi) is 5.23. The molecule has 0 saturated heterocycles. The predicted octanol–water partition coefficient (Wildman–Crippen LogP) is 4.18. The molecule has 1 aromatic heterocycles. The third-order valence-corrected chi connectivity index (χ3v) is 3.65. The topological polar surface area (TPSA) is 34.1 Å². The number of thiazole rings is 1. The predicted molar refractivity (Wildman–Crippen MR) is 78.8 cm³/mol. The van der Waals surface area contributed by atoms with Gasteiger partial charge in [-0.25, -0.2) is 4.98 Å². The first-order valence-corrected chi connectivity index (χ1v) is 7.36. The molecule has 3 nitrogen and oxygen atoms in total. The Morgan fingerprint density at radius 2 is 2.28 bits per heavy atom. The number of aromatic nitrogens is 1. The van der Waals surface area contributed by atoms with Gasteiger partial charge in [-0.3, -0.25) is 0 Å². The molecule has 1 N–H and O–H groups in total. The van der Waals surface area contributed by atoms with E-state index in [2.05, 4.69) is 17.2 Å². The zero-order valence-corrected chi connectivity index (χ0v) is 12.0. The van der Waals surface area contributed by atoms with E-state index in [1.54, 1.807) is 11.3 Å². The van der Waals surface area contributed by atoms with Crippen LogP contribution in [-0.2, 0) is 4.74 Å². The van der Waals surface area contributed by atoms with E-state index in [4.69, 9.17) is 16.3 Å². The Bertz CT molecular complexity index is 501. The van der Waals surface area contributed by atoms with Crippen molar-refractivity contribution < 1.29 is 4.74 Å². The summed E-state index contributed by atoms with van der Waals surface area (Å²) in [5, 5.41) is 5.02. The van der Waals surface area contributed by atoms with E-state index in [9.17, 15) is 0 Å². The van der Waals surface area contributed by atoms with Gasteiger partial charge >= 0.3 is 0 Å². The second-order valence-corrected chi connectivity index (χ2v) is 5.49. The third kappa shape index (κ3) is 3.83. The van der Waals surface area contributed by atoms with Gasteiger partial charge in [0.05, 0.1) is 10.2 Å². The van der Waals surface area contributed by atoms with Crippen molar-refractivity contribution >= 4 is 38.3 Å². The Morgan fingerprint density at radius 1 is 1.39 bits per heavy atom. The molecule has 0 aliphatic carbocycles. The lowest BCUT2D eigenvalue weighted by Gasteiger charge is -2.03. The molecule has 2 aromatic rings. The van der Waals surface area contributed by atoms with Crippen molar-refractivity contribution in [1.82, 2.24) is 4.98 Å². The number of nitrogens with zero attached hydrogens (tertiary/aromatic N) is 1. The van der Waals surface area contributed by atoms with Crippen LogP contribution >= 0.6 is 22.9 Å². The lowest BCUT2D eigenvalue weighted by molar-refractivity contribution is 0.134. The number of nitrogens with one attached hydrogen (secondary N) is 1.